The second-order valence-corrected chi connectivity index (χ2v) is 8.10. The topological polar surface area (TPSA) is 32.3 Å². The highest BCUT2D eigenvalue weighted by Crippen LogP contribution is 2.50. The first-order chi connectivity index (χ1) is 12.3. The fraction of sp³-hybridized carbons (Fsp3) is 0.500. The smallest absolute Gasteiger partial charge is 0.226 e. The van der Waals surface area contributed by atoms with Gasteiger partial charge < -0.3 is 10.2 Å². The third kappa shape index (κ3) is 2.75. The van der Waals surface area contributed by atoms with Crippen LogP contribution in [0.5, 0.6) is 0 Å². The summed E-state index contributed by atoms with van der Waals surface area (Å²) in [5.41, 5.74) is 1.37. The molecule has 2 saturated heterocycles. The Morgan fingerprint density at radius 3 is 2.48 bits per heavy atom. The van der Waals surface area contributed by atoms with Crippen LogP contribution in [0, 0.1) is 17.8 Å². The summed E-state index contributed by atoms with van der Waals surface area (Å²) in [5, 5.41) is 6.12. The zero-order chi connectivity index (χ0) is 16.8. The largest absolute Gasteiger partial charge is 0.342 e. The number of nitrogens with zero attached hydrogens (tertiary/aromatic N) is 1. The van der Waals surface area contributed by atoms with Crippen molar-refractivity contribution in [3.05, 3.63) is 48.0 Å². The second-order valence-electron chi connectivity index (χ2n) is 8.10. The van der Waals surface area contributed by atoms with Crippen LogP contribution < -0.4 is 5.32 Å². The lowest BCUT2D eigenvalue weighted by atomic mass is 9.92. The van der Waals surface area contributed by atoms with Gasteiger partial charge in [-0.05, 0) is 66.4 Å². The molecular formula is C22H26N2O. The van der Waals surface area contributed by atoms with Gasteiger partial charge in [-0.1, -0.05) is 42.5 Å². The van der Waals surface area contributed by atoms with Crippen LogP contribution in [-0.2, 0) is 4.79 Å². The summed E-state index contributed by atoms with van der Waals surface area (Å²) in [6.07, 6.45) is 3.38. The van der Waals surface area contributed by atoms with Crippen molar-refractivity contribution in [1.82, 2.24) is 10.2 Å². The van der Waals surface area contributed by atoms with E-state index in [1.54, 1.807) is 0 Å². The van der Waals surface area contributed by atoms with E-state index in [0.29, 0.717) is 11.8 Å². The number of rotatable bonds is 2. The minimum Gasteiger partial charge on any atom is -0.342 e. The SMILES string of the molecule is O=C(C1CC1c1cccc2ccccc12)N1CC[C@@H]2CNC[C@@H]2CC1. The van der Waals surface area contributed by atoms with Gasteiger partial charge in [0.05, 0.1) is 0 Å². The second kappa shape index (κ2) is 6.14. The first-order valence-electron chi connectivity index (χ1n) is 9.78. The van der Waals surface area contributed by atoms with E-state index in [2.05, 4.69) is 52.7 Å². The van der Waals surface area contributed by atoms with E-state index in [1.165, 1.54) is 29.2 Å². The van der Waals surface area contributed by atoms with Crippen molar-refractivity contribution in [2.24, 2.45) is 17.8 Å². The lowest BCUT2D eigenvalue weighted by Gasteiger charge is -2.21. The Bertz CT molecular complexity index is 782. The molecule has 2 heterocycles. The zero-order valence-corrected chi connectivity index (χ0v) is 14.7. The molecule has 0 bridgehead atoms. The molecule has 1 amide bonds. The summed E-state index contributed by atoms with van der Waals surface area (Å²) in [5.74, 6) is 2.60. The number of hydrogen-bond acceptors (Lipinski definition) is 2. The van der Waals surface area contributed by atoms with Crippen LogP contribution in [-0.4, -0.2) is 37.0 Å². The van der Waals surface area contributed by atoms with Gasteiger partial charge in [0.25, 0.3) is 0 Å². The number of likely N-dealkylation sites (tertiary alicyclic amines) is 1. The number of hydrogen-bond donors (Lipinski definition) is 1. The van der Waals surface area contributed by atoms with Crippen molar-refractivity contribution in [3.63, 3.8) is 0 Å². The van der Waals surface area contributed by atoms with Crippen LogP contribution in [0.4, 0.5) is 0 Å². The van der Waals surface area contributed by atoms with E-state index in [-0.39, 0.29) is 5.92 Å². The molecule has 2 aromatic carbocycles. The highest BCUT2D eigenvalue weighted by Gasteiger charge is 2.46. The average Bonchev–Trinajstić information content (AvgIpc) is 3.37. The molecule has 0 aromatic heterocycles. The molecule has 1 aliphatic carbocycles. The highest BCUT2D eigenvalue weighted by atomic mass is 16.2. The third-order valence-corrected chi connectivity index (χ3v) is 6.66. The summed E-state index contributed by atoms with van der Waals surface area (Å²) in [6.45, 7) is 4.21. The van der Waals surface area contributed by atoms with E-state index < -0.39 is 0 Å². The molecule has 2 unspecified atom stereocenters. The van der Waals surface area contributed by atoms with Gasteiger partial charge in [0.2, 0.25) is 5.91 Å². The molecule has 25 heavy (non-hydrogen) atoms. The minimum absolute atomic E-state index is 0.210. The van der Waals surface area contributed by atoms with Crippen LogP contribution in [0.25, 0.3) is 10.8 Å². The maximum Gasteiger partial charge on any atom is 0.226 e. The van der Waals surface area contributed by atoms with Gasteiger partial charge in [0.1, 0.15) is 0 Å². The van der Waals surface area contributed by atoms with Gasteiger partial charge in [-0.2, -0.15) is 0 Å². The zero-order valence-electron chi connectivity index (χ0n) is 14.7. The van der Waals surface area contributed by atoms with Crippen LogP contribution in [0.1, 0.15) is 30.7 Å². The van der Waals surface area contributed by atoms with E-state index in [0.717, 1.165) is 44.4 Å². The van der Waals surface area contributed by atoms with Crippen molar-refractivity contribution in [2.45, 2.75) is 25.2 Å². The monoisotopic (exact) mass is 334 g/mol. The van der Waals surface area contributed by atoms with Crippen molar-refractivity contribution >= 4 is 16.7 Å². The maximum absolute atomic E-state index is 13.1. The van der Waals surface area contributed by atoms with Gasteiger partial charge in [-0.3, -0.25) is 4.79 Å². The Morgan fingerprint density at radius 2 is 1.68 bits per heavy atom. The van der Waals surface area contributed by atoms with E-state index in [9.17, 15) is 4.79 Å². The molecule has 3 nitrogen and oxygen atoms in total. The highest BCUT2D eigenvalue weighted by molar-refractivity contribution is 5.89. The molecule has 3 fully saturated rings. The lowest BCUT2D eigenvalue weighted by molar-refractivity contribution is -0.132. The quantitative estimate of drug-likeness (QED) is 0.913. The van der Waals surface area contributed by atoms with E-state index in [1.807, 2.05) is 0 Å². The maximum atomic E-state index is 13.1. The fourth-order valence-electron chi connectivity index (χ4n) is 5.06. The van der Waals surface area contributed by atoms with Crippen molar-refractivity contribution in [1.29, 1.82) is 0 Å². The van der Waals surface area contributed by atoms with Gasteiger partial charge in [-0.15, -0.1) is 0 Å². The number of amides is 1. The van der Waals surface area contributed by atoms with Crippen LogP contribution in [0.15, 0.2) is 42.5 Å². The molecule has 130 valence electrons. The Labute approximate surface area is 149 Å². The minimum atomic E-state index is 0.210. The number of fused-ring (bicyclic) bond motifs is 2. The first-order valence-corrected chi connectivity index (χ1v) is 9.78. The van der Waals surface area contributed by atoms with Gasteiger partial charge in [-0.25, -0.2) is 0 Å². The van der Waals surface area contributed by atoms with Gasteiger partial charge in [0.15, 0.2) is 0 Å². The molecule has 2 aliphatic heterocycles. The average molecular weight is 334 g/mol. The van der Waals surface area contributed by atoms with E-state index >= 15 is 0 Å². The first kappa shape index (κ1) is 15.4. The van der Waals surface area contributed by atoms with Crippen LogP contribution in [0.3, 0.4) is 0 Å². The number of nitrogens with one attached hydrogen (secondary N) is 1. The lowest BCUT2D eigenvalue weighted by Crippen LogP contribution is -2.34. The van der Waals surface area contributed by atoms with Crippen LogP contribution >= 0.6 is 0 Å². The number of carbonyl (C=O) groups is 1. The number of carbonyl (C=O) groups excluding carboxylic acids is 1. The number of benzene rings is 2. The van der Waals surface area contributed by atoms with Crippen LogP contribution in [0.2, 0.25) is 0 Å². The fourth-order valence-corrected chi connectivity index (χ4v) is 5.06. The van der Waals surface area contributed by atoms with E-state index in [4.69, 9.17) is 0 Å². The molecule has 1 N–H and O–H groups in total. The summed E-state index contributed by atoms with van der Waals surface area (Å²) in [4.78, 5) is 15.2. The van der Waals surface area contributed by atoms with Crippen molar-refractivity contribution in [2.75, 3.05) is 26.2 Å². The Hall–Kier alpha value is -1.87. The predicted octanol–water partition coefficient (Wildman–Crippen LogP) is 3.40. The molecule has 1 saturated carbocycles. The Balaban J connectivity index is 1.31. The van der Waals surface area contributed by atoms with Crippen molar-refractivity contribution < 1.29 is 4.79 Å². The Kier molecular flexibility index (Phi) is 3.78. The predicted molar refractivity (Wildman–Crippen MR) is 100 cm³/mol. The Morgan fingerprint density at radius 1 is 0.960 bits per heavy atom. The molecule has 3 heteroatoms. The molecule has 5 rings (SSSR count). The summed E-state index contributed by atoms with van der Waals surface area (Å²) in [6, 6.07) is 15.1. The van der Waals surface area contributed by atoms with Gasteiger partial charge >= 0.3 is 0 Å². The molecule has 0 radical (unpaired) electrons. The standard InChI is InChI=1S/C22H26N2O/c25-22(24-10-8-16-13-23-14-17(16)9-11-24)21-12-20(21)19-7-3-5-15-4-1-2-6-18(15)19/h1-7,16-17,20-21,23H,8-14H2/t16-,17+,20?,21?. The summed E-state index contributed by atoms with van der Waals surface area (Å²) in [7, 11) is 0. The normalized spacial score (nSPS) is 31.6. The molecule has 4 atom stereocenters. The molecular weight excluding hydrogens is 308 g/mol. The molecule has 0 spiro atoms. The third-order valence-electron chi connectivity index (χ3n) is 6.66. The summed E-state index contributed by atoms with van der Waals surface area (Å²) < 4.78 is 0. The van der Waals surface area contributed by atoms with Gasteiger partial charge in [0, 0.05) is 19.0 Å². The molecule has 2 aromatic rings. The molecule has 3 aliphatic rings. The van der Waals surface area contributed by atoms with Crippen molar-refractivity contribution in [3.8, 4) is 0 Å². The summed E-state index contributed by atoms with van der Waals surface area (Å²) >= 11 is 0.